The molecule has 0 unspecified atom stereocenters. The minimum Gasteiger partial charge on any atom is -0.477 e. The first-order valence-electron chi connectivity index (χ1n) is 6.31. The van der Waals surface area contributed by atoms with Crippen molar-refractivity contribution in [3.8, 4) is 0 Å². The highest BCUT2D eigenvalue weighted by Gasteiger charge is 2.17. The van der Waals surface area contributed by atoms with Gasteiger partial charge in [-0.3, -0.25) is 4.79 Å². The minimum atomic E-state index is -1.10. The molecule has 0 radical (unpaired) electrons. The van der Waals surface area contributed by atoms with E-state index in [1.165, 1.54) is 0 Å². The maximum atomic E-state index is 12.4. The number of anilines is 1. The van der Waals surface area contributed by atoms with E-state index in [0.717, 1.165) is 10.5 Å². The Morgan fingerprint density at radius 2 is 1.95 bits per heavy atom. The van der Waals surface area contributed by atoms with E-state index < -0.39 is 5.97 Å². The fraction of sp³-hybridized carbons (Fsp3) is 0.200. The molecule has 0 aliphatic heterocycles. The third-order valence-electron chi connectivity index (χ3n) is 3.10. The molecular weight excluding hydrogens is 288 g/mol. The quantitative estimate of drug-likeness (QED) is 0.757. The van der Waals surface area contributed by atoms with Crippen LogP contribution in [0.15, 0.2) is 29.2 Å². The summed E-state index contributed by atoms with van der Waals surface area (Å²) in [6.45, 7) is 3.58. The number of thioether (sulfide) groups is 1. The van der Waals surface area contributed by atoms with Crippen molar-refractivity contribution in [1.82, 2.24) is 4.98 Å². The molecule has 0 saturated heterocycles. The lowest BCUT2D eigenvalue weighted by molar-refractivity contribution is 0.0692. The highest BCUT2D eigenvalue weighted by Crippen LogP contribution is 2.22. The lowest BCUT2D eigenvalue weighted by atomic mass is 10.1. The van der Waals surface area contributed by atoms with Gasteiger partial charge in [-0.2, -0.15) is 0 Å². The van der Waals surface area contributed by atoms with Crippen LogP contribution in [0.1, 0.15) is 32.1 Å². The third kappa shape index (κ3) is 3.28. The number of carboxylic acids is 1. The fourth-order valence-electron chi connectivity index (χ4n) is 2.02. The standard InChI is InChI=1S/C15H16N2O3S/c1-8-4-5-10(21-3)7-11(8)14(18)17-12-6-9(2)16-13(12)15(19)20/h4-7,16H,1-3H3,(H,17,18)(H,19,20). The van der Waals surface area contributed by atoms with Gasteiger partial charge in [-0.15, -0.1) is 11.8 Å². The summed E-state index contributed by atoms with van der Waals surface area (Å²) in [4.78, 5) is 27.2. The Balaban J connectivity index is 2.32. The van der Waals surface area contributed by atoms with E-state index in [0.29, 0.717) is 11.3 Å². The van der Waals surface area contributed by atoms with Gasteiger partial charge in [0.2, 0.25) is 0 Å². The number of aromatic carboxylic acids is 1. The number of hydrogen-bond donors (Lipinski definition) is 3. The SMILES string of the molecule is CSc1ccc(C)c(C(=O)Nc2cc(C)[nH]c2C(=O)O)c1. The number of hydrogen-bond acceptors (Lipinski definition) is 3. The van der Waals surface area contributed by atoms with Crippen molar-refractivity contribution in [1.29, 1.82) is 0 Å². The summed E-state index contributed by atoms with van der Waals surface area (Å²) in [6.07, 6.45) is 1.93. The summed E-state index contributed by atoms with van der Waals surface area (Å²) in [6, 6.07) is 7.23. The number of nitrogens with one attached hydrogen (secondary N) is 2. The van der Waals surface area contributed by atoms with E-state index in [2.05, 4.69) is 10.3 Å². The van der Waals surface area contributed by atoms with Gasteiger partial charge >= 0.3 is 5.97 Å². The van der Waals surface area contributed by atoms with E-state index in [1.807, 2.05) is 25.3 Å². The Morgan fingerprint density at radius 1 is 1.24 bits per heavy atom. The third-order valence-corrected chi connectivity index (χ3v) is 3.83. The van der Waals surface area contributed by atoms with Crippen LogP contribution in [0.25, 0.3) is 0 Å². The lowest BCUT2D eigenvalue weighted by Gasteiger charge is -2.08. The lowest BCUT2D eigenvalue weighted by Crippen LogP contribution is -2.15. The number of aromatic nitrogens is 1. The van der Waals surface area contributed by atoms with Crippen molar-refractivity contribution in [2.24, 2.45) is 0 Å². The van der Waals surface area contributed by atoms with Crippen LogP contribution in [0, 0.1) is 13.8 Å². The second-order valence-electron chi connectivity index (χ2n) is 4.68. The number of rotatable bonds is 4. The van der Waals surface area contributed by atoms with Crippen LogP contribution in [0.5, 0.6) is 0 Å². The number of amides is 1. The molecule has 1 aromatic carbocycles. The van der Waals surface area contributed by atoms with E-state index in [9.17, 15) is 9.59 Å². The van der Waals surface area contributed by atoms with Gasteiger partial charge in [-0.1, -0.05) is 6.07 Å². The molecule has 110 valence electrons. The summed E-state index contributed by atoms with van der Waals surface area (Å²) >= 11 is 1.55. The van der Waals surface area contributed by atoms with Crippen LogP contribution >= 0.6 is 11.8 Å². The zero-order valence-electron chi connectivity index (χ0n) is 12.0. The molecule has 1 heterocycles. The first kappa shape index (κ1) is 15.2. The molecule has 2 aromatic rings. The normalized spacial score (nSPS) is 10.4. The summed E-state index contributed by atoms with van der Waals surface area (Å²) in [5, 5.41) is 11.8. The topological polar surface area (TPSA) is 82.2 Å². The maximum absolute atomic E-state index is 12.4. The molecular formula is C15H16N2O3S. The minimum absolute atomic E-state index is 0.0143. The molecule has 3 N–H and O–H groups in total. The van der Waals surface area contributed by atoms with Crippen LogP contribution in [-0.2, 0) is 0 Å². The summed E-state index contributed by atoms with van der Waals surface area (Å²) in [5.74, 6) is -1.42. The fourth-order valence-corrected chi connectivity index (χ4v) is 2.46. The van der Waals surface area contributed by atoms with Gasteiger partial charge in [0.05, 0.1) is 5.69 Å². The molecule has 0 aliphatic rings. The molecule has 0 bridgehead atoms. The molecule has 21 heavy (non-hydrogen) atoms. The number of H-pyrrole nitrogens is 1. The second kappa shape index (κ2) is 6.05. The molecule has 0 fully saturated rings. The van der Waals surface area contributed by atoms with Crippen molar-refractivity contribution in [3.05, 3.63) is 46.8 Å². The Morgan fingerprint density at radius 3 is 2.57 bits per heavy atom. The number of aryl methyl sites for hydroxylation is 2. The van der Waals surface area contributed by atoms with Gasteiger partial charge in [-0.25, -0.2) is 4.79 Å². The molecule has 1 aromatic heterocycles. The van der Waals surface area contributed by atoms with Crippen molar-refractivity contribution < 1.29 is 14.7 Å². The van der Waals surface area contributed by atoms with Gasteiger partial charge in [0, 0.05) is 16.2 Å². The highest BCUT2D eigenvalue weighted by molar-refractivity contribution is 7.98. The molecule has 0 saturated carbocycles. The summed E-state index contributed by atoms with van der Waals surface area (Å²) in [7, 11) is 0. The summed E-state index contributed by atoms with van der Waals surface area (Å²) < 4.78 is 0. The van der Waals surface area contributed by atoms with E-state index in [1.54, 1.807) is 30.8 Å². The van der Waals surface area contributed by atoms with Crippen LogP contribution in [0.3, 0.4) is 0 Å². The van der Waals surface area contributed by atoms with Crippen molar-refractivity contribution >= 4 is 29.3 Å². The number of benzene rings is 1. The Bertz CT molecular complexity index is 707. The van der Waals surface area contributed by atoms with Crippen LogP contribution in [-0.4, -0.2) is 28.2 Å². The molecule has 0 aliphatic carbocycles. The predicted molar refractivity (Wildman–Crippen MR) is 83.4 cm³/mol. The van der Waals surface area contributed by atoms with E-state index in [4.69, 9.17) is 5.11 Å². The molecule has 0 spiro atoms. The van der Waals surface area contributed by atoms with Crippen LogP contribution < -0.4 is 5.32 Å². The molecule has 5 nitrogen and oxygen atoms in total. The Hall–Kier alpha value is -2.21. The smallest absolute Gasteiger partial charge is 0.354 e. The highest BCUT2D eigenvalue weighted by atomic mass is 32.2. The van der Waals surface area contributed by atoms with Crippen molar-refractivity contribution in [3.63, 3.8) is 0 Å². The monoisotopic (exact) mass is 304 g/mol. The first-order valence-corrected chi connectivity index (χ1v) is 7.53. The largest absolute Gasteiger partial charge is 0.477 e. The van der Waals surface area contributed by atoms with E-state index in [-0.39, 0.29) is 17.3 Å². The van der Waals surface area contributed by atoms with Gasteiger partial charge < -0.3 is 15.4 Å². The molecule has 6 heteroatoms. The Kier molecular flexibility index (Phi) is 4.37. The van der Waals surface area contributed by atoms with Crippen molar-refractivity contribution in [2.75, 3.05) is 11.6 Å². The van der Waals surface area contributed by atoms with Crippen LogP contribution in [0.2, 0.25) is 0 Å². The van der Waals surface area contributed by atoms with E-state index >= 15 is 0 Å². The number of carbonyl (C=O) groups excluding carboxylic acids is 1. The zero-order chi connectivity index (χ0) is 15.6. The average molecular weight is 304 g/mol. The number of carboxylic acid groups (broad SMARTS) is 1. The summed E-state index contributed by atoms with van der Waals surface area (Å²) in [5.41, 5.74) is 2.32. The number of carbonyl (C=O) groups is 2. The average Bonchev–Trinajstić information content (AvgIpc) is 2.80. The predicted octanol–water partition coefficient (Wildman–Crippen LogP) is 3.30. The van der Waals surface area contributed by atoms with Crippen molar-refractivity contribution in [2.45, 2.75) is 18.7 Å². The molecule has 0 atom stereocenters. The maximum Gasteiger partial charge on any atom is 0.354 e. The van der Waals surface area contributed by atoms with Gasteiger partial charge in [0.15, 0.2) is 0 Å². The molecule has 1 amide bonds. The van der Waals surface area contributed by atoms with Gasteiger partial charge in [-0.05, 0) is 43.9 Å². The first-order chi connectivity index (χ1) is 9.92. The second-order valence-corrected chi connectivity index (χ2v) is 5.56. The zero-order valence-corrected chi connectivity index (χ0v) is 12.8. The van der Waals surface area contributed by atoms with Gasteiger partial charge in [0.1, 0.15) is 5.69 Å². The number of aromatic amines is 1. The molecule has 2 rings (SSSR count). The van der Waals surface area contributed by atoms with Crippen LogP contribution in [0.4, 0.5) is 5.69 Å². The Labute approximate surface area is 126 Å². The van der Waals surface area contributed by atoms with Gasteiger partial charge in [0.25, 0.3) is 5.91 Å².